The van der Waals surface area contributed by atoms with Gasteiger partial charge < -0.3 is 10.4 Å². The number of carboxylic acid groups (broad SMARTS) is 1. The highest BCUT2D eigenvalue weighted by molar-refractivity contribution is 7.98. The molecule has 1 aromatic heterocycles. The molecule has 0 bridgehead atoms. The first-order valence-electron chi connectivity index (χ1n) is 8.46. The lowest BCUT2D eigenvalue weighted by Crippen LogP contribution is -2.05. The number of para-hydroxylation sites is 1. The number of aromatic carboxylic acids is 1. The van der Waals surface area contributed by atoms with Crippen LogP contribution in [0, 0.1) is 6.92 Å². The summed E-state index contributed by atoms with van der Waals surface area (Å²) in [6.07, 6.45) is -4.39. The van der Waals surface area contributed by atoms with Crippen LogP contribution in [0.25, 0.3) is 0 Å². The normalized spacial score (nSPS) is 11.3. The van der Waals surface area contributed by atoms with E-state index in [1.54, 1.807) is 37.3 Å². The number of carbonyl (C=O) groups is 1. The molecule has 0 aliphatic heterocycles. The van der Waals surface area contributed by atoms with Crippen LogP contribution in [0.2, 0.25) is 0 Å². The van der Waals surface area contributed by atoms with Crippen molar-refractivity contribution in [1.29, 1.82) is 0 Å². The van der Waals surface area contributed by atoms with Crippen molar-refractivity contribution in [3.8, 4) is 0 Å². The number of anilines is 2. The number of hydrogen-bond donors (Lipinski definition) is 2. The summed E-state index contributed by atoms with van der Waals surface area (Å²) in [7, 11) is 0. The van der Waals surface area contributed by atoms with Crippen LogP contribution in [0.1, 0.15) is 27.2 Å². The fourth-order valence-corrected chi connectivity index (χ4v) is 3.42. The van der Waals surface area contributed by atoms with Crippen LogP contribution in [0.4, 0.5) is 24.7 Å². The Bertz CT molecular complexity index is 1040. The van der Waals surface area contributed by atoms with Gasteiger partial charge in [0.1, 0.15) is 5.82 Å². The van der Waals surface area contributed by atoms with Crippen molar-refractivity contribution in [3.05, 3.63) is 77.0 Å². The Morgan fingerprint density at radius 2 is 1.86 bits per heavy atom. The molecule has 29 heavy (non-hydrogen) atoms. The second kappa shape index (κ2) is 8.52. The zero-order valence-corrected chi connectivity index (χ0v) is 16.0. The molecule has 0 radical (unpaired) electrons. The lowest BCUT2D eigenvalue weighted by molar-refractivity contribution is -0.137. The van der Waals surface area contributed by atoms with Gasteiger partial charge in [0, 0.05) is 17.5 Å². The maximum absolute atomic E-state index is 12.9. The second-order valence-electron chi connectivity index (χ2n) is 6.14. The van der Waals surface area contributed by atoms with Gasteiger partial charge in [-0.3, -0.25) is 0 Å². The summed E-state index contributed by atoms with van der Waals surface area (Å²) < 4.78 is 38.6. The number of aromatic nitrogens is 2. The summed E-state index contributed by atoms with van der Waals surface area (Å²) in [5.41, 5.74) is 0.921. The van der Waals surface area contributed by atoms with E-state index >= 15 is 0 Å². The van der Waals surface area contributed by atoms with Crippen LogP contribution < -0.4 is 5.32 Å². The van der Waals surface area contributed by atoms with E-state index in [-0.39, 0.29) is 11.3 Å². The number of rotatable bonds is 6. The number of nitrogens with one attached hydrogen (secondary N) is 1. The molecular formula is C20H16F3N3O2S. The van der Waals surface area contributed by atoms with Crippen molar-refractivity contribution in [3.63, 3.8) is 0 Å². The Hall–Kier alpha value is -3.07. The van der Waals surface area contributed by atoms with E-state index in [4.69, 9.17) is 0 Å². The van der Waals surface area contributed by atoms with Gasteiger partial charge in [-0.1, -0.05) is 42.1 Å². The minimum absolute atomic E-state index is 0.0990. The lowest BCUT2D eigenvalue weighted by atomic mass is 10.1. The molecule has 0 aliphatic carbocycles. The van der Waals surface area contributed by atoms with E-state index in [1.165, 1.54) is 23.9 Å². The van der Waals surface area contributed by atoms with E-state index in [1.807, 2.05) is 0 Å². The average Bonchev–Trinajstić information content (AvgIpc) is 2.66. The van der Waals surface area contributed by atoms with Crippen molar-refractivity contribution < 1.29 is 23.1 Å². The van der Waals surface area contributed by atoms with E-state index in [9.17, 15) is 23.1 Å². The molecule has 0 spiro atoms. The van der Waals surface area contributed by atoms with E-state index in [0.29, 0.717) is 27.9 Å². The summed E-state index contributed by atoms with van der Waals surface area (Å²) in [4.78, 5) is 20.0. The van der Waals surface area contributed by atoms with Gasteiger partial charge in [0.25, 0.3) is 0 Å². The molecule has 0 fully saturated rings. The van der Waals surface area contributed by atoms with Gasteiger partial charge in [-0.2, -0.15) is 13.2 Å². The number of thioether (sulfide) groups is 1. The molecule has 0 saturated carbocycles. The molecule has 0 unspecified atom stereocenters. The monoisotopic (exact) mass is 419 g/mol. The first-order chi connectivity index (χ1) is 13.7. The molecule has 9 heteroatoms. The molecule has 3 rings (SSSR count). The third-order valence-electron chi connectivity index (χ3n) is 3.88. The summed E-state index contributed by atoms with van der Waals surface area (Å²) in [5.74, 6) is -0.408. The molecule has 2 aromatic carbocycles. The van der Waals surface area contributed by atoms with E-state index < -0.39 is 17.7 Å². The first kappa shape index (κ1) is 20.7. The maximum Gasteiger partial charge on any atom is 0.416 e. The summed E-state index contributed by atoms with van der Waals surface area (Å²) >= 11 is 1.20. The zero-order valence-electron chi connectivity index (χ0n) is 15.2. The van der Waals surface area contributed by atoms with Crippen LogP contribution in [0.3, 0.4) is 0 Å². The minimum Gasteiger partial charge on any atom is -0.478 e. The molecule has 0 aliphatic rings. The van der Waals surface area contributed by atoms with Crippen molar-refractivity contribution in [2.24, 2.45) is 0 Å². The fraction of sp³-hybridized carbons (Fsp3) is 0.150. The van der Waals surface area contributed by atoms with Gasteiger partial charge in [-0.05, 0) is 30.7 Å². The topological polar surface area (TPSA) is 75.1 Å². The van der Waals surface area contributed by atoms with Crippen LogP contribution in [0.5, 0.6) is 0 Å². The van der Waals surface area contributed by atoms with Crippen molar-refractivity contribution in [2.75, 3.05) is 5.32 Å². The second-order valence-corrected chi connectivity index (χ2v) is 7.08. The number of benzene rings is 2. The zero-order chi connectivity index (χ0) is 21.0. The lowest BCUT2D eigenvalue weighted by Gasteiger charge is -2.11. The fourth-order valence-electron chi connectivity index (χ4n) is 2.57. The molecule has 0 amide bonds. The third kappa shape index (κ3) is 5.47. The van der Waals surface area contributed by atoms with Crippen molar-refractivity contribution in [1.82, 2.24) is 9.97 Å². The molecule has 2 N–H and O–H groups in total. The first-order valence-corrected chi connectivity index (χ1v) is 9.45. The Balaban J connectivity index is 1.77. The predicted octanol–water partition coefficient (Wildman–Crippen LogP) is 5.54. The minimum atomic E-state index is -4.39. The summed E-state index contributed by atoms with van der Waals surface area (Å²) in [5, 5.41) is 12.6. The molecular weight excluding hydrogens is 403 g/mol. The highest BCUT2D eigenvalue weighted by Crippen LogP contribution is 2.31. The van der Waals surface area contributed by atoms with Crippen molar-refractivity contribution in [2.45, 2.75) is 24.0 Å². The quantitative estimate of drug-likeness (QED) is 0.404. The number of aryl methyl sites for hydroxylation is 1. The molecule has 0 atom stereocenters. The smallest absolute Gasteiger partial charge is 0.416 e. The van der Waals surface area contributed by atoms with Gasteiger partial charge in [0.15, 0.2) is 5.16 Å². The number of carboxylic acids is 1. The van der Waals surface area contributed by atoms with Crippen LogP contribution in [-0.2, 0) is 11.9 Å². The van der Waals surface area contributed by atoms with Crippen LogP contribution >= 0.6 is 11.8 Å². The Labute approximate surface area is 169 Å². The molecule has 5 nitrogen and oxygen atoms in total. The van der Waals surface area contributed by atoms with Crippen LogP contribution in [0.15, 0.2) is 59.8 Å². The molecule has 0 saturated heterocycles. The number of hydrogen-bond acceptors (Lipinski definition) is 5. The standard InChI is InChI=1S/C20H16F3N3O2S/c1-12-9-17(25-16-8-3-2-7-15(16)18(27)28)26-19(24-12)29-11-13-5-4-6-14(10-13)20(21,22)23/h2-10H,11H2,1H3,(H,27,28)(H,24,25,26). The van der Waals surface area contributed by atoms with Gasteiger partial charge in [-0.25, -0.2) is 14.8 Å². The van der Waals surface area contributed by atoms with Gasteiger partial charge in [-0.15, -0.1) is 0 Å². The van der Waals surface area contributed by atoms with Gasteiger partial charge in [0.05, 0.1) is 16.8 Å². The number of alkyl halides is 3. The SMILES string of the molecule is Cc1cc(Nc2ccccc2C(=O)O)nc(SCc2cccc(C(F)(F)F)c2)n1. The molecule has 1 heterocycles. The Morgan fingerprint density at radius 3 is 2.59 bits per heavy atom. The average molecular weight is 419 g/mol. The third-order valence-corrected chi connectivity index (χ3v) is 4.79. The van der Waals surface area contributed by atoms with Crippen LogP contribution in [-0.4, -0.2) is 21.0 Å². The summed E-state index contributed by atoms with van der Waals surface area (Å²) in [6.45, 7) is 1.75. The van der Waals surface area contributed by atoms with Gasteiger partial charge in [0.2, 0.25) is 0 Å². The summed E-state index contributed by atoms with van der Waals surface area (Å²) in [6, 6.07) is 13.2. The van der Waals surface area contributed by atoms with Crippen molar-refractivity contribution >= 4 is 29.2 Å². The van der Waals surface area contributed by atoms with E-state index in [2.05, 4.69) is 15.3 Å². The Morgan fingerprint density at radius 1 is 1.10 bits per heavy atom. The Kier molecular flexibility index (Phi) is 6.07. The largest absolute Gasteiger partial charge is 0.478 e. The molecule has 3 aromatic rings. The maximum atomic E-state index is 12.9. The van der Waals surface area contributed by atoms with E-state index in [0.717, 1.165) is 12.1 Å². The highest BCUT2D eigenvalue weighted by Gasteiger charge is 2.30. The van der Waals surface area contributed by atoms with Gasteiger partial charge >= 0.3 is 12.1 Å². The molecule has 150 valence electrons. The number of halogens is 3. The predicted molar refractivity (Wildman–Crippen MR) is 104 cm³/mol. The number of nitrogens with zero attached hydrogens (tertiary/aromatic N) is 2. The highest BCUT2D eigenvalue weighted by atomic mass is 32.2.